The normalized spacial score (nSPS) is 11.8. The van der Waals surface area contributed by atoms with Gasteiger partial charge in [-0.3, -0.25) is 0 Å². The van der Waals surface area contributed by atoms with E-state index in [2.05, 4.69) is 158 Å². The second kappa shape index (κ2) is 9.54. The van der Waals surface area contributed by atoms with Crippen molar-refractivity contribution in [2.45, 2.75) is 20.8 Å². The minimum atomic E-state index is 1.09. The van der Waals surface area contributed by atoms with Crippen molar-refractivity contribution in [1.29, 1.82) is 0 Å². The van der Waals surface area contributed by atoms with Gasteiger partial charge in [0.05, 0.1) is 0 Å². The van der Waals surface area contributed by atoms with Crippen molar-refractivity contribution in [1.82, 2.24) is 0 Å². The third kappa shape index (κ3) is 3.88. The highest BCUT2D eigenvalue weighted by Gasteiger charge is 2.19. The van der Waals surface area contributed by atoms with Crippen LogP contribution in [0.2, 0.25) is 0 Å². The Labute approximate surface area is 254 Å². The van der Waals surface area contributed by atoms with Crippen LogP contribution in [0.4, 0.5) is 0 Å². The van der Waals surface area contributed by atoms with E-state index in [9.17, 15) is 0 Å². The van der Waals surface area contributed by atoms with E-state index in [0.717, 1.165) is 4.47 Å². The van der Waals surface area contributed by atoms with Crippen molar-refractivity contribution < 1.29 is 0 Å². The number of aryl methyl sites for hydroxylation is 3. The Balaban J connectivity index is 1.62. The largest absolute Gasteiger partial charge is 0.0616 e. The molecule has 0 aromatic heterocycles. The average molecular weight is 602 g/mol. The van der Waals surface area contributed by atoms with E-state index >= 15 is 0 Å². The average Bonchev–Trinajstić information content (AvgIpc) is 2.98. The van der Waals surface area contributed by atoms with Gasteiger partial charge in [-0.1, -0.05) is 112 Å². The van der Waals surface area contributed by atoms with Crippen molar-refractivity contribution >= 4 is 69.8 Å². The van der Waals surface area contributed by atoms with Gasteiger partial charge in [-0.25, -0.2) is 0 Å². The Morgan fingerprint density at radius 1 is 0.429 bits per heavy atom. The van der Waals surface area contributed by atoms with Crippen molar-refractivity contribution in [3.05, 3.63) is 142 Å². The number of fused-ring (bicyclic) bond motifs is 7. The second-order valence-corrected chi connectivity index (χ2v) is 12.6. The molecule has 0 aliphatic rings. The molecule has 8 aromatic carbocycles. The minimum absolute atomic E-state index is 1.09. The molecule has 200 valence electrons. The summed E-state index contributed by atoms with van der Waals surface area (Å²) in [5.74, 6) is 0. The first-order chi connectivity index (χ1) is 20.5. The summed E-state index contributed by atoms with van der Waals surface area (Å²) < 4.78 is 1.09. The minimum Gasteiger partial charge on any atom is -0.0616 e. The number of hydrogen-bond donors (Lipinski definition) is 0. The third-order valence-corrected chi connectivity index (χ3v) is 9.40. The van der Waals surface area contributed by atoms with Crippen molar-refractivity contribution in [2.75, 3.05) is 0 Å². The van der Waals surface area contributed by atoms with Crippen LogP contribution >= 0.6 is 15.9 Å². The van der Waals surface area contributed by atoms with Crippen LogP contribution < -0.4 is 0 Å². The fraction of sp³-hybridized carbons (Fsp3) is 0.0732. The first kappa shape index (κ1) is 25.3. The zero-order chi connectivity index (χ0) is 28.5. The van der Waals surface area contributed by atoms with Gasteiger partial charge in [-0.05, 0) is 138 Å². The zero-order valence-corrected chi connectivity index (χ0v) is 25.5. The Hall–Kier alpha value is -4.46. The van der Waals surface area contributed by atoms with Gasteiger partial charge < -0.3 is 0 Å². The van der Waals surface area contributed by atoms with Crippen LogP contribution in [0.3, 0.4) is 0 Å². The highest BCUT2D eigenvalue weighted by Crippen LogP contribution is 2.46. The zero-order valence-electron chi connectivity index (χ0n) is 23.9. The highest BCUT2D eigenvalue weighted by molar-refractivity contribution is 9.10. The van der Waals surface area contributed by atoms with Crippen LogP contribution in [0, 0.1) is 20.8 Å². The van der Waals surface area contributed by atoms with E-state index in [0.29, 0.717) is 0 Å². The summed E-state index contributed by atoms with van der Waals surface area (Å²) in [6.45, 7) is 6.72. The van der Waals surface area contributed by atoms with Crippen LogP contribution in [-0.4, -0.2) is 0 Å². The standard InChI is InChI=1S/C41H29Br/c1-24-18-25(2)39(26(3)19-24)41-34-13-7-12-33(30-10-6-11-32(42)21-30)37(34)23-38-35(41)17-16-27-14-15-31-20-28-8-4-5-9-29(28)22-36(31)40(27)38/h4-23H,1-3H3. The molecular formula is C41H29Br. The monoisotopic (exact) mass is 600 g/mol. The predicted molar refractivity (Wildman–Crippen MR) is 187 cm³/mol. The van der Waals surface area contributed by atoms with Crippen molar-refractivity contribution in [3.8, 4) is 22.3 Å². The molecule has 0 N–H and O–H groups in total. The molecule has 0 bridgehead atoms. The molecule has 8 rings (SSSR count). The molecule has 0 unspecified atom stereocenters. The first-order valence-electron chi connectivity index (χ1n) is 14.5. The number of halogens is 1. The van der Waals surface area contributed by atoms with Crippen LogP contribution in [0.15, 0.2) is 126 Å². The van der Waals surface area contributed by atoms with E-state index in [4.69, 9.17) is 0 Å². The summed E-state index contributed by atoms with van der Waals surface area (Å²) in [5.41, 5.74) is 9.07. The Morgan fingerprint density at radius 3 is 1.90 bits per heavy atom. The summed E-state index contributed by atoms with van der Waals surface area (Å²) in [5, 5.41) is 12.9. The fourth-order valence-electron chi connectivity index (χ4n) is 7.22. The summed E-state index contributed by atoms with van der Waals surface area (Å²) >= 11 is 3.72. The van der Waals surface area contributed by atoms with Crippen molar-refractivity contribution in [3.63, 3.8) is 0 Å². The van der Waals surface area contributed by atoms with E-state index < -0.39 is 0 Å². The molecule has 0 heterocycles. The van der Waals surface area contributed by atoms with Gasteiger partial charge in [-0.2, -0.15) is 0 Å². The van der Waals surface area contributed by atoms with E-state index in [1.165, 1.54) is 92.8 Å². The Bertz CT molecular complexity index is 2370. The quantitative estimate of drug-likeness (QED) is 0.137. The lowest BCUT2D eigenvalue weighted by atomic mass is 9.83. The Morgan fingerprint density at radius 2 is 1.12 bits per heavy atom. The molecule has 0 atom stereocenters. The maximum Gasteiger partial charge on any atom is 0.0181 e. The molecule has 0 nitrogen and oxygen atoms in total. The molecule has 0 aliphatic carbocycles. The topological polar surface area (TPSA) is 0 Å². The van der Waals surface area contributed by atoms with Gasteiger partial charge in [0.2, 0.25) is 0 Å². The molecular weight excluding hydrogens is 572 g/mol. The molecule has 0 saturated carbocycles. The maximum atomic E-state index is 3.72. The summed E-state index contributed by atoms with van der Waals surface area (Å²) in [4.78, 5) is 0. The number of benzene rings is 8. The summed E-state index contributed by atoms with van der Waals surface area (Å²) in [7, 11) is 0. The van der Waals surface area contributed by atoms with E-state index in [-0.39, 0.29) is 0 Å². The lowest BCUT2D eigenvalue weighted by Gasteiger charge is -2.20. The highest BCUT2D eigenvalue weighted by atomic mass is 79.9. The molecule has 0 fully saturated rings. The van der Waals surface area contributed by atoms with Gasteiger partial charge in [-0.15, -0.1) is 0 Å². The van der Waals surface area contributed by atoms with Crippen LogP contribution in [-0.2, 0) is 0 Å². The van der Waals surface area contributed by atoms with E-state index in [1.807, 2.05) is 0 Å². The van der Waals surface area contributed by atoms with Gasteiger partial charge >= 0.3 is 0 Å². The van der Waals surface area contributed by atoms with Gasteiger partial charge in [0.15, 0.2) is 0 Å². The SMILES string of the molecule is Cc1cc(C)c(-c2c3cccc(-c4cccc(Br)c4)c3cc3c2ccc2ccc4cc5ccccc5cc4c23)c(C)c1. The Kier molecular flexibility index (Phi) is 5.74. The predicted octanol–water partition coefficient (Wildman–Crippen LogP) is 12.5. The second-order valence-electron chi connectivity index (χ2n) is 11.7. The fourth-order valence-corrected chi connectivity index (χ4v) is 7.61. The molecule has 42 heavy (non-hydrogen) atoms. The van der Waals surface area contributed by atoms with Crippen LogP contribution in [0.25, 0.3) is 76.1 Å². The molecule has 0 amide bonds. The smallest absolute Gasteiger partial charge is 0.0181 e. The molecule has 1 heteroatoms. The molecule has 0 radical (unpaired) electrons. The van der Waals surface area contributed by atoms with Gasteiger partial charge in [0.25, 0.3) is 0 Å². The third-order valence-electron chi connectivity index (χ3n) is 8.90. The van der Waals surface area contributed by atoms with Gasteiger partial charge in [0, 0.05) is 4.47 Å². The first-order valence-corrected chi connectivity index (χ1v) is 15.3. The summed E-state index contributed by atoms with van der Waals surface area (Å²) in [6.07, 6.45) is 0. The van der Waals surface area contributed by atoms with Crippen LogP contribution in [0.5, 0.6) is 0 Å². The molecule has 8 aromatic rings. The van der Waals surface area contributed by atoms with Crippen molar-refractivity contribution in [2.24, 2.45) is 0 Å². The molecule has 0 spiro atoms. The lowest BCUT2D eigenvalue weighted by molar-refractivity contribution is 1.33. The maximum absolute atomic E-state index is 3.72. The number of hydrogen-bond acceptors (Lipinski definition) is 0. The molecule has 0 saturated heterocycles. The lowest BCUT2D eigenvalue weighted by Crippen LogP contribution is -1.95. The number of rotatable bonds is 2. The molecule has 0 aliphatic heterocycles. The summed E-state index contributed by atoms with van der Waals surface area (Å²) in [6, 6.07) is 45.2. The van der Waals surface area contributed by atoms with E-state index in [1.54, 1.807) is 0 Å². The van der Waals surface area contributed by atoms with Gasteiger partial charge in [0.1, 0.15) is 0 Å². The van der Waals surface area contributed by atoms with Crippen LogP contribution in [0.1, 0.15) is 16.7 Å².